The molecule has 28 nitrogen and oxygen atoms in total. The molecule has 3 saturated carbocycles. The van der Waals surface area contributed by atoms with Gasteiger partial charge in [-0.25, -0.2) is 23.2 Å². The molecule has 2 heterocycles. The van der Waals surface area contributed by atoms with Crippen LogP contribution in [0.25, 0.3) is 0 Å². The number of aliphatic hydroxyl groups is 1. The Morgan fingerprint density at radius 1 is 0.739 bits per heavy atom. The number of ether oxygens (including phenoxy) is 8. The number of aliphatic hydroxyl groups excluding tert-OH is 1. The van der Waals surface area contributed by atoms with Crippen LogP contribution >= 0.6 is 0 Å². The Bertz CT molecular complexity index is 3930. The molecule has 30 heteroatoms. The molecule has 0 radical (unpaired) electrons. The molecular weight excluding hydrogens is 1440 g/mol. The molecule has 6 aliphatic rings. The van der Waals surface area contributed by atoms with Crippen LogP contribution in [-0.2, 0) is 84.6 Å². The highest BCUT2D eigenvalue weighted by atomic mass is 19.1. The Balaban J connectivity index is 0.645. The first kappa shape index (κ1) is 85.8. The van der Waals surface area contributed by atoms with Crippen molar-refractivity contribution in [1.29, 1.82) is 0 Å². The molecule has 9 rings (SSSR count). The Hall–Kier alpha value is -9.22. The van der Waals surface area contributed by atoms with Crippen LogP contribution in [0.15, 0.2) is 96.6 Å². The van der Waals surface area contributed by atoms with Gasteiger partial charge >= 0.3 is 18.2 Å². The molecule has 111 heavy (non-hydrogen) atoms. The number of nitrogens with zero attached hydrogens (tertiary/aromatic N) is 3. The smallest absolute Gasteiger partial charge is 0.410 e. The van der Waals surface area contributed by atoms with Gasteiger partial charge in [0.05, 0.1) is 77.3 Å². The van der Waals surface area contributed by atoms with E-state index in [9.17, 15) is 53.1 Å². The van der Waals surface area contributed by atoms with Crippen molar-refractivity contribution in [2.45, 2.75) is 174 Å². The molecule has 3 aromatic carbocycles. The van der Waals surface area contributed by atoms with Gasteiger partial charge in [0.1, 0.15) is 24.9 Å². The standard InChI is InChI=1S/C81H107F2N9O19/c1-8-16-71-110-67-47-59-60-46-62(82)61-45-58(93)30-32-78(61,6)80(60,83)65(94)48-79(59,7)81(67,111-71)66(95)51-109-77(103)91(10-3)36-35-90(9-2)76(102)108-50-53-22-26-57(27-23-53)87-73(99)63(20-15-33-86-75(84)101)88-74(100)72(52(4)5)89-69(97)31-37-104-39-41-106-43-44-107-42-40-105-38-34-85-68(96)28-29-70(98)92-49-56-19-12-11-17-54(56)24-25-55-18-13-14-21-64(55)92/h11-14,17-19,21-23,26-27,30,32,45,52,59-60,62-63,65,67,71-72,94H,8-10,15-16,20,28-29,31,33-44,46-51H2,1-7H3,(H,85,96)(H,87,99)(H,88,100)(H,89,97)(H3,84,86,101)/t59-,60-,62-,63-,65-,67+,71?,72-,78-,79-,80-,81+/m0/s1. The van der Waals surface area contributed by atoms with E-state index in [1.54, 1.807) is 63.8 Å². The van der Waals surface area contributed by atoms with Crippen molar-refractivity contribution in [1.82, 2.24) is 31.1 Å². The molecule has 9 amide bonds. The number of para-hydroxylation sites is 1. The highest BCUT2D eigenvalue weighted by Crippen LogP contribution is 2.72. The summed E-state index contributed by atoms with van der Waals surface area (Å²) in [6, 6.07) is 18.6. The number of urea groups is 1. The first-order valence-electron chi connectivity index (χ1n) is 38.5. The van der Waals surface area contributed by atoms with E-state index in [4.69, 9.17) is 43.6 Å². The maximum atomic E-state index is 18.0. The van der Waals surface area contributed by atoms with E-state index in [1.165, 1.54) is 28.9 Å². The number of likely N-dealkylation sites (N-methyl/N-ethyl adjacent to an activating group) is 2. The number of alkyl halides is 2. The van der Waals surface area contributed by atoms with Gasteiger partial charge in [0.25, 0.3) is 0 Å². The average molecular weight is 1550 g/mol. The van der Waals surface area contributed by atoms with Crippen LogP contribution in [0.5, 0.6) is 0 Å². The number of benzene rings is 3. The molecule has 0 spiro atoms. The van der Waals surface area contributed by atoms with E-state index < -0.39 is 131 Å². The van der Waals surface area contributed by atoms with Gasteiger partial charge in [-0.05, 0) is 130 Å². The van der Waals surface area contributed by atoms with Crippen LogP contribution in [0.4, 0.5) is 34.5 Å². The van der Waals surface area contributed by atoms with Crippen molar-refractivity contribution >= 4 is 70.7 Å². The van der Waals surface area contributed by atoms with Crippen LogP contribution in [0.3, 0.4) is 0 Å². The molecule has 8 N–H and O–H groups in total. The number of carbonyl (C=O) groups is 10. The summed E-state index contributed by atoms with van der Waals surface area (Å²) in [6.45, 7) is 14.0. The summed E-state index contributed by atoms with van der Waals surface area (Å²) >= 11 is 0. The fourth-order valence-electron chi connectivity index (χ4n) is 16.0. The first-order valence-corrected chi connectivity index (χ1v) is 38.5. The Morgan fingerprint density at radius 2 is 1.38 bits per heavy atom. The van der Waals surface area contributed by atoms with Crippen molar-refractivity contribution in [3.63, 3.8) is 0 Å². The second-order valence-corrected chi connectivity index (χ2v) is 29.4. The minimum Gasteiger partial charge on any atom is -0.445 e. The molecule has 1 saturated heterocycles. The van der Waals surface area contributed by atoms with E-state index in [0.717, 1.165) is 22.8 Å². The zero-order chi connectivity index (χ0) is 80.0. The molecule has 1 unspecified atom stereocenters. The van der Waals surface area contributed by atoms with E-state index in [0.29, 0.717) is 49.5 Å². The van der Waals surface area contributed by atoms with Crippen molar-refractivity contribution in [2.24, 2.45) is 34.3 Å². The van der Waals surface area contributed by atoms with E-state index in [1.807, 2.05) is 55.5 Å². The summed E-state index contributed by atoms with van der Waals surface area (Å²) in [7, 11) is 0. The van der Waals surface area contributed by atoms with Crippen molar-refractivity contribution in [2.75, 3.05) is 109 Å². The molecule has 3 aromatic rings. The van der Waals surface area contributed by atoms with Crippen LogP contribution in [0, 0.1) is 40.4 Å². The van der Waals surface area contributed by atoms with E-state index in [-0.39, 0.29) is 154 Å². The molecule has 4 aliphatic carbocycles. The van der Waals surface area contributed by atoms with Crippen LogP contribution < -0.4 is 37.2 Å². The number of Topliss-reactive ketones (excluding diaryl/α,β-unsaturated/α-hetero) is 1. The van der Waals surface area contributed by atoms with Gasteiger partial charge in [-0.1, -0.05) is 94.5 Å². The molecular formula is C81H107F2N9O19. The van der Waals surface area contributed by atoms with Gasteiger partial charge in [0.15, 0.2) is 29.9 Å². The number of ketones is 2. The largest absolute Gasteiger partial charge is 0.445 e. The molecule has 0 aromatic heterocycles. The minimum absolute atomic E-state index is 0.0112. The number of anilines is 2. The third-order valence-corrected chi connectivity index (χ3v) is 22.0. The molecule has 2 aliphatic heterocycles. The van der Waals surface area contributed by atoms with Crippen LogP contribution in [0.1, 0.15) is 135 Å². The number of halogens is 2. The maximum absolute atomic E-state index is 18.0. The van der Waals surface area contributed by atoms with Gasteiger partial charge in [0, 0.05) is 92.1 Å². The number of rotatable bonds is 40. The second kappa shape index (κ2) is 39.8. The molecule has 12 atom stereocenters. The number of primary amides is 1. The average Bonchev–Trinajstić information content (AvgIpc) is 1.55. The van der Waals surface area contributed by atoms with Crippen LogP contribution in [0.2, 0.25) is 0 Å². The monoisotopic (exact) mass is 1550 g/mol. The number of hydrogen-bond acceptors (Lipinski definition) is 19. The Kier molecular flexibility index (Phi) is 30.8. The quantitative estimate of drug-likeness (QED) is 0.0219. The third kappa shape index (κ3) is 20.7. The van der Waals surface area contributed by atoms with Gasteiger partial charge in [0.2, 0.25) is 35.3 Å². The van der Waals surface area contributed by atoms with Gasteiger partial charge in [-0.3, -0.25) is 33.6 Å². The van der Waals surface area contributed by atoms with E-state index in [2.05, 4.69) is 38.4 Å². The summed E-state index contributed by atoms with van der Waals surface area (Å²) in [5.74, 6) is 0.924. The normalized spacial score (nSPS) is 24.3. The second-order valence-electron chi connectivity index (χ2n) is 29.4. The zero-order valence-electron chi connectivity index (χ0n) is 64.4. The lowest BCUT2D eigenvalue weighted by Crippen LogP contribution is -2.71. The number of allylic oxidation sites excluding steroid dienone is 4. The topological polar surface area (TPSA) is 361 Å². The lowest BCUT2D eigenvalue weighted by Gasteiger charge is -2.63. The Labute approximate surface area is 646 Å². The van der Waals surface area contributed by atoms with Crippen molar-refractivity contribution in [3.8, 4) is 11.8 Å². The number of amides is 9. The summed E-state index contributed by atoms with van der Waals surface area (Å²) in [5, 5.41) is 25.5. The van der Waals surface area contributed by atoms with Crippen molar-refractivity contribution < 1.29 is 99.7 Å². The molecule has 4 fully saturated rings. The SMILES string of the molecule is CCCC1O[C@@H]2C[C@H]3[C@@H]4C[C@H](F)C5=CC(=O)C=C[C@]5(C)[C@@]4(F)[C@@H](O)C[C@]3(C)[C@]2(C(=O)COC(=O)N(CC)CCN(CC)C(=O)OCc2ccc(NC(=O)[C@H](CCCNC(N)=O)NC(=O)[C@@H](NC(=O)CCOCCOCCOCCOCCNC(=O)CCC(=O)N3Cc4ccccc4C#Cc4ccccc43)C(C)C)cc2)O1. The summed E-state index contributed by atoms with van der Waals surface area (Å²) < 4.78 is 80.9. The Morgan fingerprint density at radius 3 is 2.05 bits per heavy atom. The number of carbonyl (C=O) groups excluding carboxylic acids is 10. The molecule has 604 valence electrons. The zero-order valence-corrected chi connectivity index (χ0v) is 64.4. The summed E-state index contributed by atoms with van der Waals surface area (Å²) in [6.07, 6.45) is -2.18. The third-order valence-electron chi connectivity index (χ3n) is 22.0. The predicted molar refractivity (Wildman–Crippen MR) is 403 cm³/mol. The number of fused-ring (bicyclic) bond motifs is 9. The molecule has 0 bridgehead atoms. The predicted octanol–water partition coefficient (Wildman–Crippen LogP) is 7.19. The lowest BCUT2D eigenvalue weighted by molar-refractivity contribution is -0.234. The maximum Gasteiger partial charge on any atom is 0.410 e. The summed E-state index contributed by atoms with van der Waals surface area (Å²) in [5.41, 5.74) is 2.24. The lowest BCUT2D eigenvalue weighted by atomic mass is 9.44. The van der Waals surface area contributed by atoms with Gasteiger partial charge in [-0.15, -0.1) is 0 Å². The van der Waals surface area contributed by atoms with Gasteiger partial charge in [-0.2, -0.15) is 0 Å². The van der Waals surface area contributed by atoms with Gasteiger partial charge < -0.3 is 90.0 Å². The number of nitrogens with one attached hydrogen (secondary N) is 5. The van der Waals surface area contributed by atoms with Crippen molar-refractivity contribution in [3.05, 3.63) is 119 Å². The highest BCUT2D eigenvalue weighted by molar-refractivity contribution is 6.02. The fraction of sp³-hybridized carbons (Fsp3) is 0.580. The number of nitrogens with two attached hydrogens (primary N) is 1. The minimum atomic E-state index is -2.40. The summed E-state index contributed by atoms with van der Waals surface area (Å²) in [4.78, 5) is 137. The van der Waals surface area contributed by atoms with Crippen LogP contribution in [-0.4, -0.2) is 221 Å². The van der Waals surface area contributed by atoms with E-state index >= 15 is 8.78 Å². The number of hydrogen-bond donors (Lipinski definition) is 7. The first-order chi connectivity index (χ1) is 53.2. The fourth-order valence-corrected chi connectivity index (χ4v) is 16.0. The highest BCUT2D eigenvalue weighted by Gasteiger charge is 2.80.